The van der Waals surface area contributed by atoms with Gasteiger partial charge in [0.2, 0.25) is 0 Å². The van der Waals surface area contributed by atoms with Crippen LogP contribution in [0.25, 0.3) is 21.5 Å². The number of aryl methyl sites for hydroxylation is 1. The zero-order valence-electron chi connectivity index (χ0n) is 20.7. The maximum absolute atomic E-state index is 12.9. The van der Waals surface area contributed by atoms with Crippen LogP contribution in [0.5, 0.6) is 0 Å². The number of nitrogens with zero attached hydrogens (tertiary/aromatic N) is 5. The minimum atomic E-state index is -4.59. The summed E-state index contributed by atoms with van der Waals surface area (Å²) in [6.45, 7) is 1.15. The van der Waals surface area contributed by atoms with Gasteiger partial charge in [-0.2, -0.15) is 13.2 Å². The van der Waals surface area contributed by atoms with Crippen molar-refractivity contribution in [3.05, 3.63) is 73.1 Å². The molecule has 8 nitrogen and oxygen atoms in total. The van der Waals surface area contributed by atoms with Gasteiger partial charge in [0, 0.05) is 52.5 Å². The Morgan fingerprint density at radius 1 is 1.18 bits per heavy atom. The fourth-order valence-corrected chi connectivity index (χ4v) is 6.88. The van der Waals surface area contributed by atoms with Crippen LogP contribution in [-0.4, -0.2) is 51.0 Å². The zero-order chi connectivity index (χ0) is 27.3. The van der Waals surface area contributed by atoms with Crippen molar-refractivity contribution in [3.8, 4) is 11.3 Å². The third-order valence-corrected chi connectivity index (χ3v) is 8.52. The molecule has 1 atom stereocenters. The van der Waals surface area contributed by atoms with E-state index in [0.717, 1.165) is 71.7 Å². The van der Waals surface area contributed by atoms with E-state index < -0.39 is 24.0 Å². The second kappa shape index (κ2) is 10.1. The number of benzene rings is 1. The number of hydrogen-bond acceptors (Lipinski definition) is 7. The lowest BCUT2D eigenvalue weighted by molar-refractivity contribution is -0.141. The fraction of sp³-hybridized carbons (Fsp3) is 0.385. The lowest BCUT2D eigenvalue weighted by Crippen LogP contribution is -2.41. The van der Waals surface area contributed by atoms with Gasteiger partial charge in [-0.05, 0) is 49.6 Å². The van der Waals surface area contributed by atoms with Crippen LogP contribution in [0.15, 0.2) is 46.4 Å². The number of halogens is 4. The van der Waals surface area contributed by atoms with Crippen LogP contribution in [0.1, 0.15) is 23.3 Å². The van der Waals surface area contributed by atoms with Crippen LogP contribution in [0.4, 0.5) is 18.9 Å². The molecule has 0 spiro atoms. The first kappa shape index (κ1) is 26.0. The minimum absolute atomic E-state index is 0.176. The predicted molar refractivity (Wildman–Crippen MR) is 145 cm³/mol. The summed E-state index contributed by atoms with van der Waals surface area (Å²) in [6.07, 6.45) is 0.732. The maximum atomic E-state index is 12.9. The number of fused-ring (bicyclic) bond motifs is 2. The number of rotatable bonds is 5. The molecule has 1 fully saturated rings. The standard InChI is InChI=1S/C26H24ClF3N6O2S/c27-16-8-15-2-1-6-35(17-3-5-31-11-17)23(15)19(9-16)22-24-20(32-14-33-22)10-18(39-24)12-36-21(37)4-7-34(25(36)38)13-26(28,29)30/h4,7-10,14,17,31H,1-3,5-6,11-13H2. The van der Waals surface area contributed by atoms with Gasteiger partial charge in [-0.1, -0.05) is 11.6 Å². The van der Waals surface area contributed by atoms with E-state index in [1.807, 2.05) is 12.1 Å². The van der Waals surface area contributed by atoms with Gasteiger partial charge < -0.3 is 10.2 Å². The number of anilines is 1. The molecule has 0 aliphatic carbocycles. The molecule has 0 radical (unpaired) electrons. The van der Waals surface area contributed by atoms with Crippen molar-refractivity contribution in [2.45, 2.75) is 44.6 Å². The Morgan fingerprint density at radius 2 is 2.03 bits per heavy atom. The largest absolute Gasteiger partial charge is 0.406 e. The minimum Gasteiger partial charge on any atom is -0.366 e. The Morgan fingerprint density at radius 3 is 2.79 bits per heavy atom. The molecule has 0 bridgehead atoms. The van der Waals surface area contributed by atoms with Crippen molar-refractivity contribution in [3.63, 3.8) is 0 Å². The van der Waals surface area contributed by atoms with E-state index in [1.165, 1.54) is 23.2 Å². The van der Waals surface area contributed by atoms with Gasteiger partial charge in [0.15, 0.2) is 0 Å². The molecule has 1 aromatic carbocycles. The van der Waals surface area contributed by atoms with Gasteiger partial charge in [0.1, 0.15) is 12.9 Å². The van der Waals surface area contributed by atoms with Crippen molar-refractivity contribution in [1.82, 2.24) is 24.4 Å². The van der Waals surface area contributed by atoms with Gasteiger partial charge in [-0.15, -0.1) is 11.3 Å². The third-order valence-electron chi connectivity index (χ3n) is 7.18. The van der Waals surface area contributed by atoms with Crippen molar-refractivity contribution in [1.29, 1.82) is 0 Å². The molecule has 1 N–H and O–H groups in total. The van der Waals surface area contributed by atoms with Crippen molar-refractivity contribution >= 4 is 38.8 Å². The van der Waals surface area contributed by atoms with Gasteiger partial charge in [0.25, 0.3) is 5.56 Å². The van der Waals surface area contributed by atoms with Crippen LogP contribution in [-0.2, 0) is 19.5 Å². The third kappa shape index (κ3) is 5.08. The molecule has 3 aromatic heterocycles. The van der Waals surface area contributed by atoms with Gasteiger partial charge in [-0.3, -0.25) is 13.9 Å². The molecule has 1 unspecified atom stereocenters. The van der Waals surface area contributed by atoms with E-state index >= 15 is 0 Å². The summed E-state index contributed by atoms with van der Waals surface area (Å²) in [5, 5.41) is 4.05. The van der Waals surface area contributed by atoms with Crippen molar-refractivity contribution in [2.75, 3.05) is 24.5 Å². The van der Waals surface area contributed by atoms with E-state index in [0.29, 0.717) is 31.7 Å². The number of thiophene rings is 1. The lowest BCUT2D eigenvalue weighted by atomic mass is 9.94. The highest BCUT2D eigenvalue weighted by Crippen LogP contribution is 2.43. The van der Waals surface area contributed by atoms with Crippen LogP contribution < -0.4 is 21.5 Å². The van der Waals surface area contributed by atoms with E-state index in [9.17, 15) is 22.8 Å². The van der Waals surface area contributed by atoms with Crippen LogP contribution in [0.2, 0.25) is 5.02 Å². The first-order valence-corrected chi connectivity index (χ1v) is 13.8. The highest BCUT2D eigenvalue weighted by Gasteiger charge is 2.31. The predicted octanol–water partition coefficient (Wildman–Crippen LogP) is 4.06. The van der Waals surface area contributed by atoms with Crippen LogP contribution in [0.3, 0.4) is 0 Å². The van der Waals surface area contributed by atoms with E-state index in [4.69, 9.17) is 11.6 Å². The smallest absolute Gasteiger partial charge is 0.366 e. The summed E-state index contributed by atoms with van der Waals surface area (Å²) >= 11 is 7.88. The second-order valence-electron chi connectivity index (χ2n) is 9.82. The summed E-state index contributed by atoms with van der Waals surface area (Å²) < 4.78 is 40.8. The Balaban J connectivity index is 1.43. The topological polar surface area (TPSA) is 85.0 Å². The fourth-order valence-electron chi connectivity index (χ4n) is 5.53. The monoisotopic (exact) mass is 576 g/mol. The molecule has 39 heavy (non-hydrogen) atoms. The van der Waals surface area contributed by atoms with Gasteiger partial charge in [-0.25, -0.2) is 14.8 Å². The number of alkyl halides is 3. The van der Waals surface area contributed by atoms with Crippen LogP contribution in [0, 0.1) is 0 Å². The Hall–Kier alpha value is -3.22. The molecule has 6 rings (SSSR count). The molecule has 204 valence electrons. The molecule has 0 saturated carbocycles. The highest BCUT2D eigenvalue weighted by atomic mass is 35.5. The summed E-state index contributed by atoms with van der Waals surface area (Å²) in [7, 11) is 0. The first-order valence-electron chi connectivity index (χ1n) is 12.6. The highest BCUT2D eigenvalue weighted by molar-refractivity contribution is 7.19. The molecular weight excluding hydrogens is 553 g/mol. The summed E-state index contributed by atoms with van der Waals surface area (Å²) in [4.78, 5) is 37.2. The quantitative estimate of drug-likeness (QED) is 0.386. The Labute approximate surface area is 229 Å². The van der Waals surface area contributed by atoms with E-state index in [1.54, 1.807) is 6.07 Å². The number of aromatic nitrogens is 4. The summed E-state index contributed by atoms with van der Waals surface area (Å²) in [5.41, 5.74) is 2.80. The zero-order valence-corrected chi connectivity index (χ0v) is 22.2. The van der Waals surface area contributed by atoms with Crippen molar-refractivity contribution in [2.24, 2.45) is 0 Å². The Bertz CT molecular complexity index is 1680. The molecule has 1 saturated heterocycles. The second-order valence-corrected chi connectivity index (χ2v) is 11.4. The number of hydrogen-bond donors (Lipinski definition) is 1. The van der Waals surface area contributed by atoms with E-state index in [2.05, 4.69) is 20.2 Å². The first-order chi connectivity index (χ1) is 18.7. The Kier molecular flexibility index (Phi) is 6.72. The summed E-state index contributed by atoms with van der Waals surface area (Å²) in [5.74, 6) is 0. The molecule has 0 amide bonds. The summed E-state index contributed by atoms with van der Waals surface area (Å²) in [6, 6.07) is 7.01. The molecule has 5 heterocycles. The SMILES string of the molecule is O=c1ccn(CC(F)(F)F)c(=O)n1Cc1cc2ncnc(-c3cc(Cl)cc4c3N(C3CCNC3)CCC4)c2s1. The number of nitrogens with one attached hydrogen (secondary N) is 1. The molecular formula is C26H24ClF3N6O2S. The van der Waals surface area contributed by atoms with Crippen LogP contribution >= 0.6 is 22.9 Å². The normalized spacial score (nSPS) is 17.6. The molecule has 13 heteroatoms. The van der Waals surface area contributed by atoms with Crippen molar-refractivity contribution < 1.29 is 13.2 Å². The van der Waals surface area contributed by atoms with Gasteiger partial charge in [0.05, 0.1) is 22.5 Å². The molecule has 2 aliphatic rings. The molecule has 2 aliphatic heterocycles. The average molecular weight is 577 g/mol. The average Bonchev–Trinajstić information content (AvgIpc) is 3.56. The van der Waals surface area contributed by atoms with Gasteiger partial charge >= 0.3 is 11.9 Å². The maximum Gasteiger partial charge on any atom is 0.406 e. The lowest BCUT2D eigenvalue weighted by Gasteiger charge is -2.37. The molecule has 4 aromatic rings. The van der Waals surface area contributed by atoms with E-state index in [-0.39, 0.29) is 6.54 Å².